The number of halogens is 6. The van der Waals surface area contributed by atoms with E-state index in [0.29, 0.717) is 0 Å². The molecular formula is C10H8ClF5O. The molecule has 0 saturated heterocycles. The van der Waals surface area contributed by atoms with E-state index in [1.54, 1.807) is 0 Å². The van der Waals surface area contributed by atoms with E-state index in [9.17, 15) is 27.1 Å². The van der Waals surface area contributed by atoms with Gasteiger partial charge in [0.05, 0.1) is 12.5 Å². The zero-order valence-electron chi connectivity index (χ0n) is 8.31. The monoisotopic (exact) mass is 274 g/mol. The first kappa shape index (κ1) is 14.2. The Labute approximate surface area is 98.8 Å². The summed E-state index contributed by atoms with van der Waals surface area (Å²) in [7, 11) is 0. The van der Waals surface area contributed by atoms with Gasteiger partial charge >= 0.3 is 12.1 Å². The standard InChI is InChI=1S/C10H8ClF5O/c11-7-4-2-1-3-6(7)8(17)5-9(12,13)10(14,15)16/h1-4,8,17H,5H2. The van der Waals surface area contributed by atoms with Crippen LogP contribution in [0.25, 0.3) is 0 Å². The van der Waals surface area contributed by atoms with Crippen LogP contribution in [0.4, 0.5) is 22.0 Å². The summed E-state index contributed by atoms with van der Waals surface area (Å²) in [5.41, 5.74) is -0.155. The van der Waals surface area contributed by atoms with Gasteiger partial charge in [-0.15, -0.1) is 0 Å². The fourth-order valence-electron chi connectivity index (χ4n) is 1.21. The van der Waals surface area contributed by atoms with Gasteiger partial charge in [-0.25, -0.2) is 0 Å². The van der Waals surface area contributed by atoms with Crippen LogP contribution in [0.15, 0.2) is 24.3 Å². The molecule has 1 aromatic carbocycles. The quantitative estimate of drug-likeness (QED) is 0.827. The van der Waals surface area contributed by atoms with Gasteiger partial charge in [0.2, 0.25) is 0 Å². The highest BCUT2D eigenvalue weighted by molar-refractivity contribution is 6.31. The van der Waals surface area contributed by atoms with Crippen molar-refractivity contribution in [1.82, 2.24) is 0 Å². The summed E-state index contributed by atoms with van der Waals surface area (Å²) in [4.78, 5) is 0. The Bertz CT molecular complexity index is 391. The molecule has 0 fully saturated rings. The highest BCUT2D eigenvalue weighted by Gasteiger charge is 2.58. The van der Waals surface area contributed by atoms with E-state index in [4.69, 9.17) is 11.6 Å². The van der Waals surface area contributed by atoms with Crippen molar-refractivity contribution in [3.05, 3.63) is 34.9 Å². The van der Waals surface area contributed by atoms with Crippen molar-refractivity contribution in [3.63, 3.8) is 0 Å². The van der Waals surface area contributed by atoms with Crippen LogP contribution in [0.1, 0.15) is 18.1 Å². The SMILES string of the molecule is OC(CC(F)(F)C(F)(F)F)c1ccccc1Cl. The lowest BCUT2D eigenvalue weighted by Crippen LogP contribution is -2.37. The van der Waals surface area contributed by atoms with Crippen molar-refractivity contribution in [2.75, 3.05) is 0 Å². The minimum absolute atomic E-state index is 0.0574. The summed E-state index contributed by atoms with van der Waals surface area (Å²) in [6, 6.07) is 5.35. The zero-order chi connectivity index (χ0) is 13.3. The number of hydrogen-bond donors (Lipinski definition) is 1. The molecule has 0 spiro atoms. The predicted molar refractivity (Wildman–Crippen MR) is 52.0 cm³/mol. The van der Waals surface area contributed by atoms with E-state index < -0.39 is 24.6 Å². The summed E-state index contributed by atoms with van der Waals surface area (Å²) in [5, 5.41) is 9.28. The molecule has 0 aromatic heterocycles. The van der Waals surface area contributed by atoms with Crippen molar-refractivity contribution in [2.45, 2.75) is 24.6 Å². The average molecular weight is 275 g/mol. The Balaban J connectivity index is 2.87. The summed E-state index contributed by atoms with van der Waals surface area (Å²) >= 11 is 5.58. The van der Waals surface area contributed by atoms with Gasteiger partial charge in [0.15, 0.2) is 0 Å². The van der Waals surface area contributed by atoms with E-state index in [0.717, 1.165) is 0 Å². The molecule has 1 rings (SSSR count). The van der Waals surface area contributed by atoms with Crippen molar-refractivity contribution in [2.24, 2.45) is 0 Å². The molecule has 0 aliphatic heterocycles. The van der Waals surface area contributed by atoms with Gasteiger partial charge in [0.25, 0.3) is 0 Å². The second-order valence-electron chi connectivity index (χ2n) is 3.44. The van der Waals surface area contributed by atoms with Crippen LogP contribution in [0.5, 0.6) is 0 Å². The largest absolute Gasteiger partial charge is 0.453 e. The van der Waals surface area contributed by atoms with Gasteiger partial charge in [-0.2, -0.15) is 22.0 Å². The third kappa shape index (κ3) is 3.29. The molecule has 1 atom stereocenters. The molecule has 0 saturated carbocycles. The van der Waals surface area contributed by atoms with Crippen LogP contribution in [-0.4, -0.2) is 17.2 Å². The number of hydrogen-bond acceptors (Lipinski definition) is 1. The summed E-state index contributed by atoms with van der Waals surface area (Å²) < 4.78 is 61.1. The Morgan fingerprint density at radius 3 is 2.12 bits per heavy atom. The minimum atomic E-state index is -5.69. The maximum Gasteiger partial charge on any atom is 0.453 e. The summed E-state index contributed by atoms with van der Waals surface area (Å²) in [6.45, 7) is 0. The van der Waals surface area contributed by atoms with Gasteiger partial charge in [-0.05, 0) is 11.6 Å². The van der Waals surface area contributed by atoms with Crippen molar-refractivity contribution >= 4 is 11.6 Å². The molecule has 0 amide bonds. The molecule has 17 heavy (non-hydrogen) atoms. The summed E-state index contributed by atoms with van der Waals surface area (Å²) in [5.74, 6) is -4.95. The third-order valence-electron chi connectivity index (χ3n) is 2.13. The first-order valence-electron chi connectivity index (χ1n) is 4.52. The van der Waals surface area contributed by atoms with Crippen LogP contribution in [0, 0.1) is 0 Å². The zero-order valence-corrected chi connectivity index (χ0v) is 9.06. The van der Waals surface area contributed by atoms with Crippen LogP contribution in [-0.2, 0) is 0 Å². The second-order valence-corrected chi connectivity index (χ2v) is 3.85. The number of alkyl halides is 5. The minimum Gasteiger partial charge on any atom is -0.388 e. The van der Waals surface area contributed by atoms with E-state index in [1.165, 1.54) is 24.3 Å². The second kappa shape index (κ2) is 4.78. The van der Waals surface area contributed by atoms with Gasteiger partial charge < -0.3 is 5.11 Å². The van der Waals surface area contributed by atoms with Crippen molar-refractivity contribution in [3.8, 4) is 0 Å². The Hall–Kier alpha value is -0.880. The molecule has 0 aliphatic rings. The predicted octanol–water partition coefficient (Wildman–Crippen LogP) is 3.96. The molecule has 0 bridgehead atoms. The topological polar surface area (TPSA) is 20.2 Å². The summed E-state index contributed by atoms with van der Waals surface area (Å²) in [6.07, 6.45) is -9.41. The molecule has 1 N–H and O–H groups in total. The average Bonchev–Trinajstić information content (AvgIpc) is 2.15. The Morgan fingerprint density at radius 1 is 1.12 bits per heavy atom. The van der Waals surface area contributed by atoms with E-state index in [1.807, 2.05) is 0 Å². The molecule has 7 heteroatoms. The first-order chi connectivity index (χ1) is 7.65. The number of aliphatic hydroxyl groups is 1. The smallest absolute Gasteiger partial charge is 0.388 e. The number of aliphatic hydroxyl groups excluding tert-OH is 1. The van der Waals surface area contributed by atoms with E-state index in [-0.39, 0.29) is 10.6 Å². The van der Waals surface area contributed by atoms with E-state index in [2.05, 4.69) is 0 Å². The Morgan fingerprint density at radius 2 is 1.65 bits per heavy atom. The number of benzene rings is 1. The van der Waals surface area contributed by atoms with Gasteiger partial charge in [-0.3, -0.25) is 0 Å². The van der Waals surface area contributed by atoms with Gasteiger partial charge in [0.1, 0.15) is 0 Å². The molecule has 1 nitrogen and oxygen atoms in total. The lowest BCUT2D eigenvalue weighted by atomic mass is 10.0. The molecule has 1 aromatic rings. The molecule has 0 radical (unpaired) electrons. The van der Waals surface area contributed by atoms with Crippen LogP contribution in [0.2, 0.25) is 5.02 Å². The lowest BCUT2D eigenvalue weighted by Gasteiger charge is -2.22. The Kier molecular flexibility index (Phi) is 3.99. The van der Waals surface area contributed by atoms with Crippen LogP contribution < -0.4 is 0 Å². The molecule has 0 heterocycles. The highest BCUT2D eigenvalue weighted by Crippen LogP contribution is 2.42. The highest BCUT2D eigenvalue weighted by atomic mass is 35.5. The van der Waals surface area contributed by atoms with Gasteiger partial charge in [-0.1, -0.05) is 29.8 Å². The molecule has 96 valence electrons. The van der Waals surface area contributed by atoms with Crippen molar-refractivity contribution in [1.29, 1.82) is 0 Å². The molecule has 0 aliphatic carbocycles. The molecule has 1 unspecified atom stereocenters. The fourth-order valence-corrected chi connectivity index (χ4v) is 1.48. The maximum absolute atomic E-state index is 12.7. The molecular weight excluding hydrogens is 267 g/mol. The number of rotatable bonds is 3. The maximum atomic E-state index is 12.7. The van der Waals surface area contributed by atoms with Gasteiger partial charge in [0, 0.05) is 5.02 Å². The fraction of sp³-hybridized carbons (Fsp3) is 0.400. The first-order valence-corrected chi connectivity index (χ1v) is 4.90. The van der Waals surface area contributed by atoms with Crippen molar-refractivity contribution < 1.29 is 27.1 Å². The van der Waals surface area contributed by atoms with E-state index >= 15 is 0 Å². The third-order valence-corrected chi connectivity index (χ3v) is 2.47. The van der Waals surface area contributed by atoms with Crippen LogP contribution in [0.3, 0.4) is 0 Å². The lowest BCUT2D eigenvalue weighted by molar-refractivity contribution is -0.290. The van der Waals surface area contributed by atoms with Crippen LogP contribution >= 0.6 is 11.6 Å². The normalized spacial score (nSPS) is 14.8.